The highest BCUT2D eigenvalue weighted by Gasteiger charge is 2.29. The second-order valence-corrected chi connectivity index (χ2v) is 11.6. The van der Waals surface area contributed by atoms with Crippen LogP contribution in [0.2, 0.25) is 0 Å². The fraction of sp³-hybridized carbons (Fsp3) is 0.333. The molecular weight excluding hydrogens is 534 g/mol. The minimum Gasteiger partial charge on any atom is -0.384 e. The number of hydrogen-bond acceptors (Lipinski definition) is 6. The number of primary amides is 1. The summed E-state index contributed by atoms with van der Waals surface area (Å²) in [4.78, 5) is 41.1. The number of nitrogens with one attached hydrogen (secondary N) is 5. The number of amides is 3. The average molecular weight is 570 g/mol. The van der Waals surface area contributed by atoms with Gasteiger partial charge in [0, 0.05) is 35.6 Å². The van der Waals surface area contributed by atoms with E-state index in [1.165, 1.54) is 6.92 Å². The Morgan fingerprint density at radius 1 is 1.02 bits per heavy atom. The largest absolute Gasteiger partial charge is 0.384 e. The van der Waals surface area contributed by atoms with Gasteiger partial charge in [-0.05, 0) is 49.9 Å². The lowest BCUT2D eigenvalue weighted by Crippen LogP contribution is -2.54. The van der Waals surface area contributed by atoms with Crippen molar-refractivity contribution in [3.63, 3.8) is 0 Å². The molecule has 214 valence electrons. The maximum atomic E-state index is 13.4. The number of nitrogens with two attached hydrogens (primary N) is 2. The van der Waals surface area contributed by atoms with E-state index in [0.29, 0.717) is 5.56 Å². The van der Waals surface area contributed by atoms with E-state index in [9.17, 15) is 22.8 Å². The Labute approximate surface area is 232 Å². The number of sulfonamides is 1. The summed E-state index contributed by atoms with van der Waals surface area (Å²) in [6.07, 6.45) is 1.51. The van der Waals surface area contributed by atoms with Crippen LogP contribution in [0.5, 0.6) is 0 Å². The van der Waals surface area contributed by atoms with Gasteiger partial charge in [0.15, 0.2) is 0 Å². The number of hydrogen-bond donors (Lipinski definition) is 7. The molecule has 0 aliphatic carbocycles. The Balaban J connectivity index is 1.79. The summed E-state index contributed by atoms with van der Waals surface area (Å²) in [6.45, 7) is 3.50. The molecule has 3 amide bonds. The minimum atomic E-state index is -3.79. The minimum absolute atomic E-state index is 0.0289. The molecule has 2 atom stereocenters. The molecule has 40 heavy (non-hydrogen) atoms. The number of H-pyrrole nitrogens is 1. The zero-order valence-electron chi connectivity index (χ0n) is 22.4. The van der Waals surface area contributed by atoms with Crippen LogP contribution in [0.4, 0.5) is 0 Å². The third-order valence-corrected chi connectivity index (χ3v) is 7.81. The van der Waals surface area contributed by atoms with Gasteiger partial charge in [0.25, 0.3) is 0 Å². The molecular formula is C27H35N7O5S. The topological polar surface area (TPSA) is 213 Å². The van der Waals surface area contributed by atoms with E-state index in [0.717, 1.165) is 27.6 Å². The molecule has 1 aromatic heterocycles. The van der Waals surface area contributed by atoms with Crippen LogP contribution in [-0.2, 0) is 37.4 Å². The number of amidine groups is 1. The van der Waals surface area contributed by atoms with Crippen molar-refractivity contribution in [1.29, 1.82) is 5.41 Å². The molecule has 0 saturated heterocycles. The third-order valence-electron chi connectivity index (χ3n) is 6.41. The lowest BCUT2D eigenvalue weighted by atomic mass is 10.0. The molecule has 3 aromatic rings. The molecule has 0 aliphatic rings. The highest BCUT2D eigenvalue weighted by molar-refractivity contribution is 7.89. The van der Waals surface area contributed by atoms with E-state index in [1.54, 1.807) is 30.5 Å². The Morgan fingerprint density at radius 3 is 2.35 bits per heavy atom. The van der Waals surface area contributed by atoms with Gasteiger partial charge >= 0.3 is 0 Å². The molecule has 12 nitrogen and oxygen atoms in total. The molecule has 9 N–H and O–H groups in total. The molecule has 0 fully saturated rings. The number of aromatic nitrogens is 1. The summed E-state index contributed by atoms with van der Waals surface area (Å²) < 4.78 is 27.4. The number of rotatable bonds is 14. The maximum Gasteiger partial charge on any atom is 0.242 e. The van der Waals surface area contributed by atoms with Crippen LogP contribution >= 0.6 is 0 Å². The molecule has 13 heteroatoms. The van der Waals surface area contributed by atoms with Gasteiger partial charge in [-0.2, -0.15) is 0 Å². The van der Waals surface area contributed by atoms with E-state index in [1.807, 2.05) is 25.1 Å². The van der Waals surface area contributed by atoms with E-state index in [-0.39, 0.29) is 37.4 Å². The van der Waals surface area contributed by atoms with Gasteiger partial charge in [-0.3, -0.25) is 19.8 Å². The highest BCUT2D eigenvalue weighted by atomic mass is 32.2. The van der Waals surface area contributed by atoms with Crippen LogP contribution in [0.25, 0.3) is 10.9 Å². The highest BCUT2D eigenvalue weighted by Crippen LogP contribution is 2.21. The first-order chi connectivity index (χ1) is 18.9. The number of benzene rings is 2. The first-order valence-electron chi connectivity index (χ1n) is 12.7. The van der Waals surface area contributed by atoms with Crippen LogP contribution in [0.1, 0.15) is 42.0 Å². The number of carbonyl (C=O) groups is 3. The molecule has 0 unspecified atom stereocenters. The molecule has 1 heterocycles. The molecule has 0 bridgehead atoms. The summed E-state index contributed by atoms with van der Waals surface area (Å²) in [5, 5.41) is 13.7. The lowest BCUT2D eigenvalue weighted by molar-refractivity contribution is -0.130. The SMILES string of the molecule is CCS(=O)(=O)N[C@H](Cc1c[nH]c2ccc(C)cc12)C(=O)N[C@@H](CCC(N)=O)C(=O)NCc1ccc(C(=N)N)cc1. The Morgan fingerprint density at radius 2 is 1.73 bits per heavy atom. The first kappa shape index (κ1) is 30.3. The van der Waals surface area contributed by atoms with Gasteiger partial charge in [-0.25, -0.2) is 13.1 Å². The summed E-state index contributed by atoms with van der Waals surface area (Å²) in [6, 6.07) is 10.1. The summed E-state index contributed by atoms with van der Waals surface area (Å²) in [5.41, 5.74) is 14.6. The van der Waals surface area contributed by atoms with Crippen molar-refractivity contribution in [3.8, 4) is 0 Å². The zero-order valence-corrected chi connectivity index (χ0v) is 23.2. The van der Waals surface area contributed by atoms with Crippen molar-refractivity contribution < 1.29 is 22.8 Å². The van der Waals surface area contributed by atoms with Crippen LogP contribution in [0, 0.1) is 12.3 Å². The van der Waals surface area contributed by atoms with E-state index >= 15 is 0 Å². The normalized spacial score (nSPS) is 12.9. The van der Waals surface area contributed by atoms with Crippen molar-refractivity contribution in [3.05, 3.63) is 70.9 Å². The van der Waals surface area contributed by atoms with E-state index < -0.39 is 39.8 Å². The Kier molecular flexibility index (Phi) is 10.0. The Bertz CT molecular complexity index is 1500. The second kappa shape index (κ2) is 13.2. The van der Waals surface area contributed by atoms with Crippen molar-refractivity contribution in [2.75, 3.05) is 5.75 Å². The predicted molar refractivity (Wildman–Crippen MR) is 153 cm³/mol. The number of carbonyl (C=O) groups excluding carboxylic acids is 3. The molecule has 3 rings (SSSR count). The quantitative estimate of drug-likeness (QED) is 0.109. The number of nitrogen functional groups attached to an aromatic ring is 1. The molecule has 0 saturated carbocycles. The fourth-order valence-electron chi connectivity index (χ4n) is 4.11. The summed E-state index contributed by atoms with van der Waals surface area (Å²) >= 11 is 0. The Hall–Kier alpha value is -4.23. The smallest absolute Gasteiger partial charge is 0.242 e. The molecule has 0 radical (unpaired) electrons. The molecule has 0 spiro atoms. The van der Waals surface area contributed by atoms with Gasteiger partial charge in [0.1, 0.15) is 17.9 Å². The lowest BCUT2D eigenvalue weighted by Gasteiger charge is -2.23. The monoisotopic (exact) mass is 569 g/mol. The zero-order chi connectivity index (χ0) is 29.4. The fourth-order valence-corrected chi connectivity index (χ4v) is 4.90. The van der Waals surface area contributed by atoms with Crippen LogP contribution in [0.3, 0.4) is 0 Å². The van der Waals surface area contributed by atoms with Crippen LogP contribution < -0.4 is 26.8 Å². The predicted octanol–water partition coefficient (Wildman–Crippen LogP) is 0.677. The van der Waals surface area contributed by atoms with Gasteiger partial charge in [0.2, 0.25) is 27.7 Å². The number of fused-ring (bicyclic) bond motifs is 1. The second-order valence-electron chi connectivity index (χ2n) is 9.54. The first-order valence-corrected chi connectivity index (χ1v) is 14.4. The summed E-state index contributed by atoms with van der Waals surface area (Å²) in [7, 11) is -3.79. The van der Waals surface area contributed by atoms with Crippen molar-refractivity contribution in [2.45, 2.75) is 51.7 Å². The van der Waals surface area contributed by atoms with Crippen molar-refractivity contribution >= 4 is 44.5 Å². The van der Waals surface area contributed by atoms with Gasteiger partial charge in [-0.1, -0.05) is 35.9 Å². The maximum absolute atomic E-state index is 13.4. The van der Waals surface area contributed by atoms with Crippen LogP contribution in [-0.4, -0.2) is 54.8 Å². The van der Waals surface area contributed by atoms with Crippen molar-refractivity contribution in [1.82, 2.24) is 20.3 Å². The van der Waals surface area contributed by atoms with E-state index in [4.69, 9.17) is 16.9 Å². The molecule has 0 aliphatic heterocycles. The summed E-state index contributed by atoms with van der Waals surface area (Å²) in [5.74, 6) is -2.25. The third kappa shape index (κ3) is 8.38. The van der Waals surface area contributed by atoms with Gasteiger partial charge in [-0.15, -0.1) is 0 Å². The van der Waals surface area contributed by atoms with E-state index in [2.05, 4.69) is 20.3 Å². The van der Waals surface area contributed by atoms with Crippen molar-refractivity contribution in [2.24, 2.45) is 11.5 Å². The van der Waals surface area contributed by atoms with Gasteiger partial charge in [0.05, 0.1) is 5.75 Å². The van der Waals surface area contributed by atoms with Crippen LogP contribution in [0.15, 0.2) is 48.7 Å². The standard InChI is InChI=1S/C27H35N7O5S/c1-3-40(38,39)34-23(13-19-15-31-21-9-4-16(2)12-20(19)21)27(37)33-22(10-11-24(28)35)26(36)32-14-17-5-7-18(8-6-17)25(29)30/h4-9,12,15,22-23,31,34H,3,10-11,13-14H2,1-2H3,(H2,28,35)(H3,29,30)(H,32,36)(H,33,37)/t22-,23+/m0/s1. The number of aromatic amines is 1. The number of aryl methyl sites for hydroxylation is 1. The average Bonchev–Trinajstić information content (AvgIpc) is 3.30. The molecule has 2 aromatic carbocycles. The van der Waals surface area contributed by atoms with Gasteiger partial charge < -0.3 is 27.1 Å².